The Labute approximate surface area is 131 Å². The monoisotopic (exact) mass is 350 g/mol. The van der Waals surface area contributed by atoms with Crippen molar-refractivity contribution in [3.8, 4) is 0 Å². The van der Waals surface area contributed by atoms with Crippen molar-refractivity contribution < 1.29 is 9.18 Å². The van der Waals surface area contributed by atoms with Crippen molar-refractivity contribution in [2.24, 2.45) is 0 Å². The summed E-state index contributed by atoms with van der Waals surface area (Å²) in [4.78, 5) is 12.5. The lowest BCUT2D eigenvalue weighted by atomic mass is 10.1. The minimum atomic E-state index is -0.247. The Hall–Kier alpha value is -1.46. The van der Waals surface area contributed by atoms with Gasteiger partial charge in [-0.15, -0.1) is 0 Å². The Balaban J connectivity index is 1.77. The third kappa shape index (κ3) is 2.94. The molecule has 0 saturated carbocycles. The molecule has 0 aliphatic carbocycles. The first-order chi connectivity index (χ1) is 10.2. The average Bonchev–Trinajstić information content (AvgIpc) is 2.82. The van der Waals surface area contributed by atoms with Crippen LogP contribution in [0.3, 0.4) is 0 Å². The molecule has 1 N–H and O–H groups in total. The van der Waals surface area contributed by atoms with Crippen LogP contribution in [0.1, 0.15) is 28.0 Å². The molecule has 0 atom stereocenters. The summed E-state index contributed by atoms with van der Waals surface area (Å²) in [6.45, 7) is 1.67. The molecule has 5 heteroatoms. The van der Waals surface area contributed by atoms with Gasteiger partial charge in [0.1, 0.15) is 5.82 Å². The zero-order chi connectivity index (χ0) is 14.8. The summed E-state index contributed by atoms with van der Waals surface area (Å²) < 4.78 is 16.1. The van der Waals surface area contributed by atoms with Crippen molar-refractivity contribution in [3.63, 3.8) is 0 Å². The fourth-order valence-electron chi connectivity index (χ4n) is 2.74. The van der Waals surface area contributed by atoms with Gasteiger partial charge in [0.25, 0.3) is 0 Å². The van der Waals surface area contributed by atoms with Crippen LogP contribution >= 0.6 is 15.9 Å². The summed E-state index contributed by atoms with van der Waals surface area (Å²) in [5, 5.41) is 3.29. The molecule has 0 spiro atoms. The van der Waals surface area contributed by atoms with E-state index in [1.54, 1.807) is 22.8 Å². The highest BCUT2D eigenvalue weighted by Crippen LogP contribution is 2.24. The highest BCUT2D eigenvalue weighted by molar-refractivity contribution is 9.10. The van der Waals surface area contributed by atoms with Crippen LogP contribution in [0.4, 0.5) is 4.39 Å². The van der Waals surface area contributed by atoms with Gasteiger partial charge in [-0.3, -0.25) is 9.36 Å². The second-order valence-corrected chi connectivity index (χ2v) is 6.00. The van der Waals surface area contributed by atoms with Gasteiger partial charge in [-0.1, -0.05) is 18.2 Å². The lowest BCUT2D eigenvalue weighted by Gasteiger charge is -2.16. The minimum Gasteiger partial charge on any atom is -0.312 e. The molecule has 1 aliphatic rings. The summed E-state index contributed by atoms with van der Waals surface area (Å²) in [5.41, 5.74) is 2.82. The van der Waals surface area contributed by atoms with Gasteiger partial charge in [0.2, 0.25) is 5.91 Å². The first kappa shape index (κ1) is 14.5. The number of carbonyl (C=O) groups excluding carboxylic acids is 1. The molecular weight excluding hydrogens is 335 g/mol. The van der Waals surface area contributed by atoms with Crippen LogP contribution in [-0.2, 0) is 19.4 Å². The zero-order valence-corrected chi connectivity index (χ0v) is 13.1. The number of hydrogen-bond donors (Lipinski definition) is 1. The molecule has 0 amide bonds. The smallest absolute Gasteiger partial charge is 0.232 e. The lowest BCUT2D eigenvalue weighted by molar-refractivity contribution is 0.0897. The maximum Gasteiger partial charge on any atom is 0.232 e. The summed E-state index contributed by atoms with van der Waals surface area (Å²) >= 11 is 3.46. The van der Waals surface area contributed by atoms with E-state index in [1.807, 2.05) is 6.07 Å². The van der Waals surface area contributed by atoms with Gasteiger partial charge in [0.15, 0.2) is 0 Å². The van der Waals surface area contributed by atoms with E-state index in [9.17, 15) is 9.18 Å². The van der Waals surface area contributed by atoms with E-state index >= 15 is 0 Å². The molecule has 2 heterocycles. The number of nitrogens with zero attached hydrogens (tertiary/aromatic N) is 1. The van der Waals surface area contributed by atoms with Gasteiger partial charge < -0.3 is 5.32 Å². The molecule has 0 radical (unpaired) electrons. The van der Waals surface area contributed by atoms with Crippen molar-refractivity contribution in [1.82, 2.24) is 9.88 Å². The number of aryl methyl sites for hydroxylation is 1. The van der Waals surface area contributed by atoms with Crippen LogP contribution in [0.15, 0.2) is 34.9 Å². The van der Waals surface area contributed by atoms with E-state index in [0.717, 1.165) is 35.4 Å². The summed E-state index contributed by atoms with van der Waals surface area (Å²) in [6, 6.07) is 8.60. The predicted octanol–water partition coefficient (Wildman–Crippen LogP) is 3.31. The summed E-state index contributed by atoms with van der Waals surface area (Å²) in [6.07, 6.45) is 1.56. The van der Waals surface area contributed by atoms with Gasteiger partial charge in [-0.05, 0) is 45.6 Å². The fourth-order valence-corrected chi connectivity index (χ4v) is 3.43. The van der Waals surface area contributed by atoms with E-state index in [-0.39, 0.29) is 11.7 Å². The molecule has 3 nitrogen and oxygen atoms in total. The van der Waals surface area contributed by atoms with Crippen LogP contribution in [0, 0.1) is 5.82 Å². The molecule has 1 aliphatic heterocycles. The third-order valence-electron chi connectivity index (χ3n) is 3.82. The van der Waals surface area contributed by atoms with Crippen LogP contribution in [-0.4, -0.2) is 17.0 Å². The van der Waals surface area contributed by atoms with Crippen molar-refractivity contribution >= 4 is 21.8 Å². The Morgan fingerprint density at radius 2 is 2.19 bits per heavy atom. The van der Waals surface area contributed by atoms with Crippen LogP contribution in [0.2, 0.25) is 0 Å². The number of carbonyl (C=O) groups is 1. The van der Waals surface area contributed by atoms with E-state index in [0.29, 0.717) is 18.4 Å². The number of fused-ring (bicyclic) bond motifs is 1. The Kier molecular flexibility index (Phi) is 4.22. The minimum absolute atomic E-state index is 0.00766. The van der Waals surface area contributed by atoms with Crippen LogP contribution < -0.4 is 5.32 Å². The largest absolute Gasteiger partial charge is 0.312 e. The van der Waals surface area contributed by atoms with E-state index < -0.39 is 0 Å². The van der Waals surface area contributed by atoms with Gasteiger partial charge in [-0.2, -0.15) is 0 Å². The Morgan fingerprint density at radius 1 is 1.38 bits per heavy atom. The van der Waals surface area contributed by atoms with Crippen LogP contribution in [0.25, 0.3) is 0 Å². The standard InChI is InChI=1S/C16H16BrFN2O/c17-15-9-12-10-19-8-7-14(12)20(15)16(21)6-5-11-3-1-2-4-13(11)18/h1-4,9,19H,5-8,10H2. The van der Waals surface area contributed by atoms with Crippen LogP contribution in [0.5, 0.6) is 0 Å². The van der Waals surface area contributed by atoms with Crippen molar-refractivity contribution in [3.05, 3.63) is 57.6 Å². The Bertz CT molecular complexity index is 681. The van der Waals surface area contributed by atoms with Gasteiger partial charge >= 0.3 is 0 Å². The maximum absolute atomic E-state index is 13.6. The zero-order valence-electron chi connectivity index (χ0n) is 11.5. The number of hydrogen-bond acceptors (Lipinski definition) is 2. The molecular formula is C16H16BrFN2O. The van der Waals surface area contributed by atoms with E-state index in [4.69, 9.17) is 0 Å². The maximum atomic E-state index is 13.6. The van der Waals surface area contributed by atoms with Crippen molar-refractivity contribution in [2.75, 3.05) is 6.54 Å². The highest BCUT2D eigenvalue weighted by Gasteiger charge is 2.20. The average molecular weight is 351 g/mol. The predicted molar refractivity (Wildman–Crippen MR) is 82.9 cm³/mol. The summed E-state index contributed by atoms with van der Waals surface area (Å²) in [5.74, 6) is -0.239. The topological polar surface area (TPSA) is 34.0 Å². The van der Waals surface area contributed by atoms with E-state index in [2.05, 4.69) is 21.2 Å². The number of aromatic nitrogens is 1. The molecule has 0 saturated heterocycles. The lowest BCUT2D eigenvalue weighted by Crippen LogP contribution is -2.26. The molecule has 110 valence electrons. The quantitative estimate of drug-likeness (QED) is 0.921. The number of benzene rings is 1. The number of halogens is 2. The van der Waals surface area contributed by atoms with Gasteiger partial charge in [0, 0.05) is 31.6 Å². The first-order valence-corrected chi connectivity index (χ1v) is 7.82. The van der Waals surface area contributed by atoms with E-state index in [1.165, 1.54) is 6.07 Å². The SMILES string of the molecule is O=C(CCc1ccccc1F)n1c(Br)cc2c1CCNC2. The Morgan fingerprint density at radius 3 is 3.00 bits per heavy atom. The third-order valence-corrected chi connectivity index (χ3v) is 4.40. The molecule has 0 bridgehead atoms. The molecule has 1 aromatic carbocycles. The second-order valence-electron chi connectivity index (χ2n) is 5.19. The molecule has 0 fully saturated rings. The molecule has 1 aromatic heterocycles. The van der Waals surface area contributed by atoms with Crippen molar-refractivity contribution in [2.45, 2.75) is 25.8 Å². The number of rotatable bonds is 3. The molecule has 0 unspecified atom stereocenters. The van der Waals surface area contributed by atoms with Gasteiger partial charge in [0.05, 0.1) is 4.60 Å². The molecule has 3 rings (SSSR count). The van der Waals surface area contributed by atoms with Crippen molar-refractivity contribution in [1.29, 1.82) is 0 Å². The normalized spacial score (nSPS) is 14.0. The second kappa shape index (κ2) is 6.12. The molecule has 21 heavy (non-hydrogen) atoms. The molecule has 2 aromatic rings. The first-order valence-electron chi connectivity index (χ1n) is 7.03. The highest BCUT2D eigenvalue weighted by atomic mass is 79.9. The summed E-state index contributed by atoms with van der Waals surface area (Å²) in [7, 11) is 0. The fraction of sp³-hybridized carbons (Fsp3) is 0.312. The van der Waals surface area contributed by atoms with Gasteiger partial charge in [-0.25, -0.2) is 4.39 Å². The number of nitrogens with one attached hydrogen (secondary N) is 1.